The van der Waals surface area contributed by atoms with Gasteiger partial charge in [0.1, 0.15) is 11.8 Å². The highest BCUT2D eigenvalue weighted by Crippen LogP contribution is 2.55. The van der Waals surface area contributed by atoms with Gasteiger partial charge in [0.05, 0.1) is 0 Å². The number of carbonyl (C=O) groups excluding carboxylic acids is 2. The van der Waals surface area contributed by atoms with Gasteiger partial charge in [0.2, 0.25) is 5.82 Å². The van der Waals surface area contributed by atoms with Gasteiger partial charge < -0.3 is 20.5 Å². The number of amides is 2. The van der Waals surface area contributed by atoms with E-state index in [1.54, 1.807) is 0 Å². The van der Waals surface area contributed by atoms with E-state index in [1.807, 2.05) is 0 Å². The molecular weight excluding hydrogens is 503 g/mol. The van der Waals surface area contributed by atoms with Crippen LogP contribution >= 0.6 is 0 Å². The molecule has 0 saturated carbocycles. The van der Waals surface area contributed by atoms with Crippen molar-refractivity contribution >= 4 is 17.5 Å². The van der Waals surface area contributed by atoms with Gasteiger partial charge in [0.25, 0.3) is 11.8 Å². The number of nitrogens with two attached hydrogens (primary N) is 1. The summed E-state index contributed by atoms with van der Waals surface area (Å²) in [5, 5.41) is 2.31. The van der Waals surface area contributed by atoms with E-state index in [0.717, 1.165) is 19.1 Å². The molecule has 36 heavy (non-hydrogen) atoms. The van der Waals surface area contributed by atoms with Crippen LogP contribution in [-0.2, 0) is 9.53 Å². The predicted octanol–water partition coefficient (Wildman–Crippen LogP) is 4.45. The van der Waals surface area contributed by atoms with E-state index >= 15 is 0 Å². The third kappa shape index (κ3) is 4.81. The van der Waals surface area contributed by atoms with Crippen molar-refractivity contribution < 1.29 is 49.8 Å². The molecule has 2 heterocycles. The number of pyridine rings is 1. The lowest BCUT2D eigenvalue weighted by atomic mass is 9.77. The van der Waals surface area contributed by atoms with E-state index in [0.29, 0.717) is 18.6 Å². The zero-order valence-corrected chi connectivity index (χ0v) is 18.9. The number of ether oxygens (including phenoxy) is 2. The number of aromatic nitrogens is 1. The molecule has 196 valence electrons. The van der Waals surface area contributed by atoms with Crippen molar-refractivity contribution in [2.24, 2.45) is 11.7 Å². The van der Waals surface area contributed by atoms with Crippen molar-refractivity contribution in [3.05, 3.63) is 52.9 Å². The van der Waals surface area contributed by atoms with Gasteiger partial charge in [0.15, 0.2) is 17.2 Å². The van der Waals surface area contributed by atoms with Crippen LogP contribution in [0.4, 0.5) is 36.4 Å². The highest BCUT2D eigenvalue weighted by molar-refractivity contribution is 5.98. The number of benzene rings is 1. The van der Waals surface area contributed by atoms with Crippen LogP contribution in [0.25, 0.3) is 0 Å². The lowest BCUT2D eigenvalue weighted by Gasteiger charge is -2.32. The van der Waals surface area contributed by atoms with E-state index < -0.39 is 71.1 Å². The van der Waals surface area contributed by atoms with Gasteiger partial charge >= 0.3 is 12.8 Å². The van der Waals surface area contributed by atoms with Crippen molar-refractivity contribution in [1.29, 1.82) is 0 Å². The Hall–Kier alpha value is -3.42. The molecule has 3 rings (SSSR count). The fourth-order valence-corrected chi connectivity index (χ4v) is 4.04. The van der Waals surface area contributed by atoms with Crippen molar-refractivity contribution in [1.82, 2.24) is 4.98 Å². The molecule has 1 aromatic carbocycles. The Morgan fingerprint density at radius 2 is 1.89 bits per heavy atom. The molecule has 1 aliphatic heterocycles. The Kier molecular flexibility index (Phi) is 7.22. The maximum absolute atomic E-state index is 14.4. The molecule has 0 radical (unpaired) electrons. The maximum atomic E-state index is 14.4. The number of aryl methyl sites for hydroxylation is 1. The largest absolute Gasteiger partial charge is 0.431 e. The topological polar surface area (TPSA) is 104 Å². The molecule has 2 amide bonds. The molecule has 1 saturated heterocycles. The number of alkyl halides is 5. The zero-order valence-electron chi connectivity index (χ0n) is 18.9. The third-order valence-electron chi connectivity index (χ3n) is 6.19. The van der Waals surface area contributed by atoms with Gasteiger partial charge in [-0.1, -0.05) is 13.0 Å². The third-order valence-corrected chi connectivity index (χ3v) is 6.19. The predicted molar refractivity (Wildman–Crippen MR) is 110 cm³/mol. The lowest BCUT2D eigenvalue weighted by Crippen LogP contribution is -2.47. The Morgan fingerprint density at radius 3 is 2.44 bits per heavy atom. The maximum Gasteiger partial charge on any atom is 0.417 e. The Morgan fingerprint density at radius 1 is 1.25 bits per heavy atom. The SMILES string of the molecule is Cc1cnc(C(N)=O)cc1NC(=O)[C@@H]1O[C@](C)(C(F)(F)F)[C@H](C)[C@@H]1c1ccc(F)c(F)c1OC(F)F. The lowest BCUT2D eigenvalue weighted by molar-refractivity contribution is -0.272. The summed E-state index contributed by atoms with van der Waals surface area (Å²) < 4.78 is 105. The number of hydrogen-bond acceptors (Lipinski definition) is 5. The van der Waals surface area contributed by atoms with Crippen molar-refractivity contribution in [2.45, 2.75) is 51.2 Å². The summed E-state index contributed by atoms with van der Waals surface area (Å²) in [5.74, 6) is -10.3. The Bertz CT molecular complexity index is 1190. The molecule has 0 spiro atoms. The molecule has 0 aliphatic carbocycles. The summed E-state index contributed by atoms with van der Waals surface area (Å²) in [7, 11) is 0. The van der Waals surface area contributed by atoms with Gasteiger partial charge in [-0.2, -0.15) is 26.3 Å². The van der Waals surface area contributed by atoms with Crippen LogP contribution < -0.4 is 15.8 Å². The molecule has 0 unspecified atom stereocenters. The number of halogens is 7. The van der Waals surface area contributed by atoms with Gasteiger partial charge in [-0.15, -0.1) is 0 Å². The van der Waals surface area contributed by atoms with Gasteiger partial charge in [-0.25, -0.2) is 4.39 Å². The molecule has 4 atom stereocenters. The van der Waals surface area contributed by atoms with Crippen LogP contribution in [0.15, 0.2) is 24.4 Å². The van der Waals surface area contributed by atoms with E-state index in [9.17, 15) is 40.3 Å². The second-order valence-corrected chi connectivity index (χ2v) is 8.35. The fourth-order valence-electron chi connectivity index (χ4n) is 4.04. The Balaban J connectivity index is 2.13. The van der Waals surface area contributed by atoms with E-state index in [2.05, 4.69) is 15.0 Å². The monoisotopic (exact) mass is 523 g/mol. The van der Waals surface area contributed by atoms with E-state index in [-0.39, 0.29) is 11.4 Å². The number of carbonyl (C=O) groups is 2. The van der Waals surface area contributed by atoms with Crippen LogP contribution in [-0.4, -0.2) is 41.3 Å². The molecule has 2 aromatic rings. The Labute approximate surface area is 199 Å². The quantitative estimate of drug-likeness (QED) is 0.545. The number of rotatable bonds is 6. The zero-order chi connectivity index (χ0) is 27.2. The molecule has 1 fully saturated rings. The molecule has 1 aromatic heterocycles. The molecule has 7 nitrogen and oxygen atoms in total. The number of anilines is 1. The van der Waals surface area contributed by atoms with Crippen molar-refractivity contribution in [2.75, 3.05) is 5.32 Å². The summed E-state index contributed by atoms with van der Waals surface area (Å²) in [5.41, 5.74) is 1.53. The average molecular weight is 523 g/mol. The number of nitrogens with zero attached hydrogens (tertiary/aromatic N) is 1. The highest BCUT2D eigenvalue weighted by atomic mass is 19.4. The standard InChI is InChI=1S/C22H20F7N3O4/c1-8-7-31-13(18(30)33)6-12(8)32-19(34)17-14(9(2)21(3,36-17)22(27,28)29)10-4-5-11(23)15(24)16(10)35-20(25)26/h4-7,9,14,17,20H,1-3H3,(H2,30,33)(H,31,32,34)/t9-,14-,17-,21+/m1/s1. The van der Waals surface area contributed by atoms with E-state index in [4.69, 9.17) is 10.5 Å². The molecule has 3 N–H and O–H groups in total. The number of nitrogens with one attached hydrogen (secondary N) is 1. The molecule has 14 heteroatoms. The minimum absolute atomic E-state index is 0.0474. The first-order valence-corrected chi connectivity index (χ1v) is 10.3. The fraction of sp³-hybridized carbons (Fsp3) is 0.409. The van der Waals surface area contributed by atoms with Gasteiger partial charge in [-0.05, 0) is 31.5 Å². The minimum atomic E-state index is -5.05. The molecule has 0 bridgehead atoms. The normalized spacial score (nSPS) is 24.1. The molecule has 1 aliphatic rings. The van der Waals surface area contributed by atoms with Crippen molar-refractivity contribution in [3.8, 4) is 5.75 Å². The van der Waals surface area contributed by atoms with Gasteiger partial charge in [0, 0.05) is 29.3 Å². The van der Waals surface area contributed by atoms with E-state index in [1.165, 1.54) is 13.1 Å². The average Bonchev–Trinajstić information content (AvgIpc) is 3.05. The van der Waals surface area contributed by atoms with Crippen LogP contribution in [0.3, 0.4) is 0 Å². The first kappa shape index (κ1) is 27.2. The summed E-state index contributed by atoms with van der Waals surface area (Å²) in [6.07, 6.45) is -5.90. The van der Waals surface area contributed by atoms with Crippen LogP contribution in [0.1, 0.15) is 41.4 Å². The summed E-state index contributed by atoms with van der Waals surface area (Å²) >= 11 is 0. The first-order valence-electron chi connectivity index (χ1n) is 10.3. The number of hydrogen-bond donors (Lipinski definition) is 2. The van der Waals surface area contributed by atoms with Gasteiger partial charge in [-0.3, -0.25) is 14.6 Å². The summed E-state index contributed by atoms with van der Waals surface area (Å²) in [4.78, 5) is 28.4. The second-order valence-electron chi connectivity index (χ2n) is 8.35. The first-order chi connectivity index (χ1) is 16.6. The second kappa shape index (κ2) is 9.56. The highest BCUT2D eigenvalue weighted by Gasteiger charge is 2.66. The minimum Gasteiger partial charge on any atom is -0.431 e. The smallest absolute Gasteiger partial charge is 0.417 e. The van der Waals surface area contributed by atoms with Crippen LogP contribution in [0, 0.1) is 24.5 Å². The summed E-state index contributed by atoms with van der Waals surface area (Å²) in [6, 6.07) is 2.35. The number of primary amides is 1. The summed E-state index contributed by atoms with van der Waals surface area (Å²) in [6.45, 7) is -0.506. The van der Waals surface area contributed by atoms with Crippen molar-refractivity contribution in [3.63, 3.8) is 0 Å². The molecular formula is C22H20F7N3O4. The van der Waals surface area contributed by atoms with Crippen LogP contribution in [0.2, 0.25) is 0 Å². The van der Waals surface area contributed by atoms with Crippen LogP contribution in [0.5, 0.6) is 5.75 Å².